The van der Waals surface area contributed by atoms with Gasteiger partial charge in [-0.1, -0.05) is 20.8 Å². The number of fused-ring (bicyclic) bond motifs is 1. The van der Waals surface area contributed by atoms with Gasteiger partial charge in [-0.05, 0) is 24.8 Å². The van der Waals surface area contributed by atoms with Gasteiger partial charge in [0.1, 0.15) is 0 Å². The Hall–Kier alpha value is -0.650. The molecule has 3 atom stereocenters. The summed E-state index contributed by atoms with van der Waals surface area (Å²) in [5.41, 5.74) is 5.99. The Bertz CT molecular complexity index is 341. The van der Waals surface area contributed by atoms with Crippen molar-refractivity contribution in [1.29, 1.82) is 0 Å². The highest BCUT2D eigenvalue weighted by atomic mass is 16.5. The normalized spacial score (nSPS) is 29.0. The van der Waals surface area contributed by atoms with Gasteiger partial charge >= 0.3 is 0 Å². The Kier molecular flexibility index (Phi) is 5.04. The average molecular weight is 283 g/mol. The first kappa shape index (κ1) is 15.7. The van der Waals surface area contributed by atoms with Gasteiger partial charge in [0.25, 0.3) is 0 Å². The van der Waals surface area contributed by atoms with Gasteiger partial charge < -0.3 is 15.8 Å². The Morgan fingerprint density at radius 2 is 2.25 bits per heavy atom. The summed E-state index contributed by atoms with van der Waals surface area (Å²) in [6.07, 6.45) is 3.02. The van der Waals surface area contributed by atoms with Crippen molar-refractivity contribution in [2.24, 2.45) is 11.1 Å². The summed E-state index contributed by atoms with van der Waals surface area (Å²) in [6.45, 7) is 9.69. The first-order valence-electron chi connectivity index (χ1n) is 7.74. The molecule has 0 aliphatic carbocycles. The van der Waals surface area contributed by atoms with E-state index in [2.05, 4.69) is 31.0 Å². The number of rotatable bonds is 4. The van der Waals surface area contributed by atoms with E-state index in [1.54, 1.807) is 0 Å². The van der Waals surface area contributed by atoms with Crippen molar-refractivity contribution in [3.63, 3.8) is 0 Å². The third-order valence-electron chi connectivity index (χ3n) is 4.51. The van der Waals surface area contributed by atoms with Crippen molar-refractivity contribution < 1.29 is 9.53 Å². The molecule has 2 aliphatic heterocycles. The lowest BCUT2D eigenvalue weighted by Gasteiger charge is -2.35. The van der Waals surface area contributed by atoms with E-state index in [1.165, 1.54) is 19.4 Å². The van der Waals surface area contributed by atoms with E-state index in [9.17, 15) is 4.79 Å². The van der Waals surface area contributed by atoms with Crippen molar-refractivity contribution in [1.82, 2.24) is 10.2 Å². The molecule has 0 aromatic carbocycles. The van der Waals surface area contributed by atoms with E-state index in [0.717, 1.165) is 13.2 Å². The highest BCUT2D eigenvalue weighted by Gasteiger charge is 2.32. The minimum Gasteiger partial charge on any atom is -0.373 e. The molecule has 2 heterocycles. The molecular weight excluding hydrogens is 254 g/mol. The highest BCUT2D eigenvalue weighted by molar-refractivity contribution is 5.76. The summed E-state index contributed by atoms with van der Waals surface area (Å²) >= 11 is 0. The monoisotopic (exact) mass is 283 g/mol. The number of nitrogens with one attached hydrogen (secondary N) is 1. The number of carbonyl (C=O) groups excluding carboxylic acids is 1. The predicted octanol–water partition coefficient (Wildman–Crippen LogP) is 0.729. The third kappa shape index (κ3) is 4.17. The summed E-state index contributed by atoms with van der Waals surface area (Å²) in [4.78, 5) is 14.4. The van der Waals surface area contributed by atoms with Gasteiger partial charge in [0.15, 0.2) is 0 Å². The number of hydrogen-bond acceptors (Lipinski definition) is 4. The predicted molar refractivity (Wildman–Crippen MR) is 79.4 cm³/mol. The van der Waals surface area contributed by atoms with Crippen LogP contribution < -0.4 is 11.1 Å². The number of hydrogen-bond donors (Lipinski definition) is 2. The molecule has 2 fully saturated rings. The number of ether oxygens (including phenoxy) is 1. The number of carbonyl (C=O) groups is 1. The first-order chi connectivity index (χ1) is 9.36. The fourth-order valence-corrected chi connectivity index (χ4v) is 2.81. The first-order valence-corrected chi connectivity index (χ1v) is 7.74. The summed E-state index contributed by atoms with van der Waals surface area (Å²) in [6, 6.07) is 0.494. The second-order valence-corrected chi connectivity index (χ2v) is 7.23. The third-order valence-corrected chi connectivity index (χ3v) is 4.51. The second kappa shape index (κ2) is 6.41. The van der Waals surface area contributed by atoms with Crippen LogP contribution in [0.25, 0.3) is 0 Å². The zero-order chi connectivity index (χ0) is 14.8. The van der Waals surface area contributed by atoms with Crippen LogP contribution in [0, 0.1) is 5.41 Å². The number of amides is 1. The van der Waals surface area contributed by atoms with Gasteiger partial charge in [-0.3, -0.25) is 9.69 Å². The summed E-state index contributed by atoms with van der Waals surface area (Å²) in [7, 11) is 0. The van der Waals surface area contributed by atoms with Crippen molar-refractivity contribution >= 4 is 5.91 Å². The molecule has 1 amide bonds. The molecule has 0 spiro atoms. The molecule has 0 radical (unpaired) electrons. The van der Waals surface area contributed by atoms with E-state index in [1.807, 2.05) is 0 Å². The van der Waals surface area contributed by atoms with E-state index in [4.69, 9.17) is 10.5 Å². The number of morpholine rings is 1. The smallest absolute Gasteiger partial charge is 0.221 e. The SMILES string of the molecule is CC(C)(C)C(N)CC(=O)NCC1CN2CCCC2CO1. The highest BCUT2D eigenvalue weighted by Crippen LogP contribution is 2.22. The quantitative estimate of drug-likeness (QED) is 0.798. The zero-order valence-corrected chi connectivity index (χ0v) is 13.0. The molecule has 2 rings (SSSR count). The molecule has 20 heavy (non-hydrogen) atoms. The van der Waals surface area contributed by atoms with Crippen molar-refractivity contribution in [3.8, 4) is 0 Å². The zero-order valence-electron chi connectivity index (χ0n) is 13.0. The van der Waals surface area contributed by atoms with Gasteiger partial charge in [-0.25, -0.2) is 0 Å². The van der Waals surface area contributed by atoms with Gasteiger partial charge in [0.2, 0.25) is 5.91 Å². The van der Waals surface area contributed by atoms with Crippen molar-refractivity contribution in [2.75, 3.05) is 26.2 Å². The molecule has 5 nitrogen and oxygen atoms in total. The molecule has 0 aromatic rings. The lowest BCUT2D eigenvalue weighted by Crippen LogP contribution is -2.50. The molecule has 2 saturated heterocycles. The molecule has 0 bridgehead atoms. The van der Waals surface area contributed by atoms with E-state index < -0.39 is 0 Å². The van der Waals surface area contributed by atoms with Crippen LogP contribution in [0.1, 0.15) is 40.0 Å². The van der Waals surface area contributed by atoms with Crippen molar-refractivity contribution in [2.45, 2.75) is 58.2 Å². The maximum Gasteiger partial charge on any atom is 0.221 e. The fourth-order valence-electron chi connectivity index (χ4n) is 2.81. The number of nitrogens with zero attached hydrogens (tertiary/aromatic N) is 1. The van der Waals surface area contributed by atoms with E-state index in [-0.39, 0.29) is 23.5 Å². The fraction of sp³-hybridized carbons (Fsp3) is 0.933. The van der Waals surface area contributed by atoms with Crippen LogP contribution in [0.4, 0.5) is 0 Å². The summed E-state index contributed by atoms with van der Waals surface area (Å²) in [5, 5.41) is 2.96. The van der Waals surface area contributed by atoms with Gasteiger partial charge in [0, 0.05) is 31.6 Å². The van der Waals surface area contributed by atoms with Crippen LogP contribution in [0.5, 0.6) is 0 Å². The molecule has 5 heteroatoms. The molecule has 0 saturated carbocycles. The summed E-state index contributed by atoms with van der Waals surface area (Å²) in [5.74, 6) is 0.0274. The van der Waals surface area contributed by atoms with Gasteiger partial charge in [-0.2, -0.15) is 0 Å². The van der Waals surface area contributed by atoms with E-state index in [0.29, 0.717) is 19.0 Å². The maximum absolute atomic E-state index is 11.9. The largest absolute Gasteiger partial charge is 0.373 e. The van der Waals surface area contributed by atoms with Crippen molar-refractivity contribution in [3.05, 3.63) is 0 Å². The molecule has 3 N–H and O–H groups in total. The lowest BCUT2D eigenvalue weighted by atomic mass is 9.85. The Morgan fingerprint density at radius 1 is 1.50 bits per heavy atom. The van der Waals surface area contributed by atoms with Gasteiger partial charge in [0.05, 0.1) is 12.7 Å². The maximum atomic E-state index is 11.9. The van der Waals surface area contributed by atoms with Crippen LogP contribution >= 0.6 is 0 Å². The molecular formula is C15H29N3O2. The standard InChI is InChI=1S/C15H29N3O2/c1-15(2,3)13(16)7-14(19)17-8-12-9-18-6-4-5-11(18)10-20-12/h11-13H,4-10,16H2,1-3H3,(H,17,19). The summed E-state index contributed by atoms with van der Waals surface area (Å²) < 4.78 is 5.83. The van der Waals surface area contributed by atoms with Crippen LogP contribution in [0.3, 0.4) is 0 Å². The van der Waals surface area contributed by atoms with Crippen LogP contribution in [-0.2, 0) is 9.53 Å². The number of nitrogens with two attached hydrogens (primary N) is 1. The van der Waals surface area contributed by atoms with Crippen LogP contribution in [0.15, 0.2) is 0 Å². The second-order valence-electron chi connectivity index (χ2n) is 7.23. The molecule has 2 aliphatic rings. The Morgan fingerprint density at radius 3 is 2.95 bits per heavy atom. The Balaban J connectivity index is 1.68. The Labute approximate surface area is 122 Å². The minimum absolute atomic E-state index is 0.0274. The van der Waals surface area contributed by atoms with Gasteiger partial charge in [-0.15, -0.1) is 0 Å². The van der Waals surface area contributed by atoms with E-state index >= 15 is 0 Å². The molecule has 3 unspecified atom stereocenters. The average Bonchev–Trinajstić information content (AvgIpc) is 2.82. The molecule has 116 valence electrons. The molecule has 0 aromatic heterocycles. The van der Waals surface area contributed by atoms with Crippen LogP contribution in [-0.4, -0.2) is 55.2 Å². The van der Waals surface area contributed by atoms with Crippen LogP contribution in [0.2, 0.25) is 0 Å². The minimum atomic E-state index is -0.113. The topological polar surface area (TPSA) is 67.6 Å². The lowest BCUT2D eigenvalue weighted by molar-refractivity contribution is -0.123.